The second kappa shape index (κ2) is 11.6. The van der Waals surface area contributed by atoms with Crippen LogP contribution in [0.25, 0.3) is 0 Å². The Morgan fingerprint density at radius 3 is 2.37 bits per heavy atom. The van der Waals surface area contributed by atoms with E-state index in [1.54, 1.807) is 30.3 Å². The molecule has 2 aromatic rings. The van der Waals surface area contributed by atoms with Gasteiger partial charge in [0.25, 0.3) is 11.8 Å². The molecular formula is C21H26N2O4. The van der Waals surface area contributed by atoms with Crippen LogP contribution in [-0.4, -0.2) is 25.0 Å². The molecule has 0 atom stereocenters. The van der Waals surface area contributed by atoms with E-state index in [4.69, 9.17) is 9.47 Å². The minimum atomic E-state index is -0.454. The first-order valence-electron chi connectivity index (χ1n) is 9.19. The summed E-state index contributed by atoms with van der Waals surface area (Å²) in [5.41, 5.74) is 5.10. The third kappa shape index (κ3) is 7.40. The zero-order valence-electron chi connectivity index (χ0n) is 15.6. The average Bonchev–Trinajstić information content (AvgIpc) is 2.71. The minimum Gasteiger partial charge on any atom is -0.493 e. The second-order valence-electron chi connectivity index (χ2n) is 6.01. The molecule has 2 amide bonds. The van der Waals surface area contributed by atoms with Crippen molar-refractivity contribution < 1.29 is 19.1 Å². The average molecular weight is 370 g/mol. The summed E-state index contributed by atoms with van der Waals surface area (Å²) < 4.78 is 11.0. The van der Waals surface area contributed by atoms with Crippen LogP contribution in [-0.2, 0) is 4.79 Å². The summed E-state index contributed by atoms with van der Waals surface area (Å²) in [6.45, 7) is 2.51. The highest BCUT2D eigenvalue weighted by molar-refractivity contribution is 5.97. The number of unbranched alkanes of at least 4 members (excludes halogenated alkanes) is 3. The quantitative estimate of drug-likeness (QED) is 0.496. The number of hydrogen-bond donors (Lipinski definition) is 2. The molecule has 0 aliphatic carbocycles. The third-order valence-corrected chi connectivity index (χ3v) is 3.82. The number of carbonyl (C=O) groups is 2. The molecule has 0 radical (unpaired) electrons. The van der Waals surface area contributed by atoms with Crippen molar-refractivity contribution in [2.24, 2.45) is 0 Å². The van der Waals surface area contributed by atoms with Crippen LogP contribution < -0.4 is 20.3 Å². The maximum atomic E-state index is 12.3. The Hall–Kier alpha value is -3.02. The minimum absolute atomic E-state index is 0.195. The predicted molar refractivity (Wildman–Crippen MR) is 104 cm³/mol. The molecule has 0 unspecified atom stereocenters. The van der Waals surface area contributed by atoms with Gasteiger partial charge >= 0.3 is 0 Å². The van der Waals surface area contributed by atoms with Gasteiger partial charge in [0.05, 0.1) is 12.2 Å². The van der Waals surface area contributed by atoms with Gasteiger partial charge in [-0.15, -0.1) is 0 Å². The summed E-state index contributed by atoms with van der Waals surface area (Å²) in [6, 6.07) is 15.9. The van der Waals surface area contributed by atoms with Gasteiger partial charge in [0, 0.05) is 0 Å². The Labute approximate surface area is 159 Å². The van der Waals surface area contributed by atoms with Gasteiger partial charge in [-0.2, -0.15) is 0 Å². The highest BCUT2D eigenvalue weighted by atomic mass is 16.5. The van der Waals surface area contributed by atoms with Crippen molar-refractivity contribution >= 4 is 11.8 Å². The second-order valence-corrected chi connectivity index (χ2v) is 6.01. The number of hydrazine groups is 1. The number of rotatable bonds is 10. The highest BCUT2D eigenvalue weighted by Crippen LogP contribution is 2.18. The maximum Gasteiger partial charge on any atom is 0.276 e. The van der Waals surface area contributed by atoms with Gasteiger partial charge < -0.3 is 9.47 Å². The van der Waals surface area contributed by atoms with E-state index in [-0.39, 0.29) is 6.61 Å². The molecule has 0 heterocycles. The zero-order valence-corrected chi connectivity index (χ0v) is 15.6. The first-order valence-corrected chi connectivity index (χ1v) is 9.19. The van der Waals surface area contributed by atoms with Crippen LogP contribution in [0.15, 0.2) is 54.6 Å². The molecular weight excluding hydrogens is 344 g/mol. The summed E-state index contributed by atoms with van der Waals surface area (Å²) >= 11 is 0. The molecule has 0 saturated heterocycles. The van der Waals surface area contributed by atoms with Crippen molar-refractivity contribution in [3.63, 3.8) is 0 Å². The normalized spacial score (nSPS) is 10.1. The summed E-state index contributed by atoms with van der Waals surface area (Å²) in [5.74, 6) is 0.194. The molecule has 6 heteroatoms. The molecule has 0 bridgehead atoms. The zero-order chi connectivity index (χ0) is 19.3. The van der Waals surface area contributed by atoms with Gasteiger partial charge in [-0.25, -0.2) is 0 Å². The Balaban J connectivity index is 1.78. The van der Waals surface area contributed by atoms with E-state index < -0.39 is 11.8 Å². The number of nitrogens with one attached hydrogen (secondary N) is 2. The third-order valence-electron chi connectivity index (χ3n) is 3.82. The van der Waals surface area contributed by atoms with Gasteiger partial charge in [0.1, 0.15) is 11.5 Å². The van der Waals surface area contributed by atoms with Crippen molar-refractivity contribution in [2.75, 3.05) is 13.2 Å². The van der Waals surface area contributed by atoms with Gasteiger partial charge in [0.2, 0.25) is 0 Å². The Bertz CT molecular complexity index is 719. The summed E-state index contributed by atoms with van der Waals surface area (Å²) in [6.07, 6.45) is 4.37. The first-order chi connectivity index (χ1) is 13.2. The van der Waals surface area contributed by atoms with E-state index >= 15 is 0 Å². The number of carbonyl (C=O) groups excluding carboxylic acids is 2. The lowest BCUT2D eigenvalue weighted by molar-refractivity contribution is -0.123. The van der Waals surface area contributed by atoms with Crippen LogP contribution in [0.2, 0.25) is 0 Å². The molecule has 0 saturated carbocycles. The molecule has 0 aliphatic heterocycles. The Morgan fingerprint density at radius 2 is 1.59 bits per heavy atom. The monoisotopic (exact) mass is 370 g/mol. The molecule has 2 aromatic carbocycles. The van der Waals surface area contributed by atoms with Crippen LogP contribution in [0.4, 0.5) is 0 Å². The molecule has 27 heavy (non-hydrogen) atoms. The molecule has 0 aliphatic rings. The van der Waals surface area contributed by atoms with Gasteiger partial charge in [-0.05, 0) is 30.7 Å². The van der Waals surface area contributed by atoms with Gasteiger partial charge in [-0.3, -0.25) is 20.4 Å². The fourth-order valence-electron chi connectivity index (χ4n) is 2.39. The number of amides is 2. The van der Waals surface area contributed by atoms with E-state index in [9.17, 15) is 9.59 Å². The Morgan fingerprint density at radius 1 is 0.852 bits per heavy atom. The largest absolute Gasteiger partial charge is 0.493 e. The summed E-state index contributed by atoms with van der Waals surface area (Å²) in [7, 11) is 0. The highest BCUT2D eigenvalue weighted by Gasteiger charge is 2.13. The maximum absolute atomic E-state index is 12.3. The molecule has 6 nitrogen and oxygen atoms in total. The van der Waals surface area contributed by atoms with Gasteiger partial charge in [0.15, 0.2) is 6.61 Å². The Kier molecular flexibility index (Phi) is 8.69. The number of hydrogen-bond acceptors (Lipinski definition) is 4. The van der Waals surface area contributed by atoms with Crippen LogP contribution >= 0.6 is 0 Å². The fraction of sp³-hybridized carbons (Fsp3) is 0.333. The van der Waals surface area contributed by atoms with E-state index in [1.807, 2.05) is 24.3 Å². The van der Waals surface area contributed by atoms with Gasteiger partial charge in [-0.1, -0.05) is 56.5 Å². The van der Waals surface area contributed by atoms with Crippen molar-refractivity contribution in [2.45, 2.75) is 32.6 Å². The topological polar surface area (TPSA) is 76.7 Å². The molecule has 0 spiro atoms. The fourth-order valence-corrected chi connectivity index (χ4v) is 2.39. The number of benzene rings is 2. The van der Waals surface area contributed by atoms with Crippen molar-refractivity contribution in [3.05, 3.63) is 60.2 Å². The van der Waals surface area contributed by atoms with Crippen molar-refractivity contribution in [1.29, 1.82) is 0 Å². The molecule has 2 N–H and O–H groups in total. The van der Waals surface area contributed by atoms with E-state index in [1.165, 1.54) is 6.42 Å². The number of ether oxygens (including phenoxy) is 2. The summed E-state index contributed by atoms with van der Waals surface area (Å²) in [4.78, 5) is 24.2. The van der Waals surface area contributed by atoms with E-state index in [0.717, 1.165) is 19.3 Å². The lowest BCUT2D eigenvalue weighted by Crippen LogP contribution is -2.43. The molecule has 0 fully saturated rings. The van der Waals surface area contributed by atoms with Crippen LogP contribution in [0.5, 0.6) is 11.5 Å². The summed E-state index contributed by atoms with van der Waals surface area (Å²) in [5, 5.41) is 0. The van der Waals surface area contributed by atoms with Crippen molar-refractivity contribution in [3.8, 4) is 11.5 Å². The SMILES string of the molecule is CCCCCCOc1ccccc1C(=O)NNC(=O)COc1ccccc1. The van der Waals surface area contributed by atoms with E-state index in [2.05, 4.69) is 17.8 Å². The predicted octanol–water partition coefficient (Wildman–Crippen LogP) is 3.49. The molecule has 2 rings (SSSR count). The molecule has 0 aromatic heterocycles. The molecule has 144 valence electrons. The lowest BCUT2D eigenvalue weighted by Gasteiger charge is -2.12. The van der Waals surface area contributed by atoms with Crippen LogP contribution in [0.3, 0.4) is 0 Å². The van der Waals surface area contributed by atoms with E-state index in [0.29, 0.717) is 23.7 Å². The van der Waals surface area contributed by atoms with Crippen LogP contribution in [0, 0.1) is 0 Å². The number of para-hydroxylation sites is 2. The standard InChI is InChI=1S/C21H26N2O4/c1-2-3-4-10-15-26-19-14-9-8-13-18(19)21(25)23-22-20(24)16-27-17-11-6-5-7-12-17/h5-9,11-14H,2-4,10,15-16H2,1H3,(H,22,24)(H,23,25). The smallest absolute Gasteiger partial charge is 0.276 e. The first kappa shape index (κ1) is 20.3. The van der Waals surface area contributed by atoms with Crippen molar-refractivity contribution in [1.82, 2.24) is 10.9 Å². The van der Waals surface area contributed by atoms with Crippen LogP contribution in [0.1, 0.15) is 43.0 Å². The lowest BCUT2D eigenvalue weighted by atomic mass is 10.2.